The van der Waals surface area contributed by atoms with Gasteiger partial charge >= 0.3 is 0 Å². The van der Waals surface area contributed by atoms with Gasteiger partial charge in [0.05, 0.1) is 0 Å². The number of carbonyl (C=O) groups excluding carboxylic acids is 1. The number of thioether (sulfide) groups is 1. The molecule has 2 aromatic carbocycles. The second-order valence-electron chi connectivity index (χ2n) is 4.56. The highest BCUT2D eigenvalue weighted by molar-refractivity contribution is 8.13. The van der Waals surface area contributed by atoms with Crippen molar-refractivity contribution in [2.24, 2.45) is 0 Å². The van der Waals surface area contributed by atoms with E-state index < -0.39 is 0 Å². The summed E-state index contributed by atoms with van der Waals surface area (Å²) in [4.78, 5) is 10.9. The predicted molar refractivity (Wildman–Crippen MR) is 91.5 cm³/mol. The highest BCUT2D eigenvalue weighted by atomic mass is 32.2. The monoisotopic (exact) mass is 298 g/mol. The molecule has 0 bridgehead atoms. The van der Waals surface area contributed by atoms with Crippen LogP contribution < -0.4 is 0 Å². The average Bonchev–Trinajstić information content (AvgIpc) is 2.81. The van der Waals surface area contributed by atoms with Gasteiger partial charge in [0.2, 0.25) is 0 Å². The molecule has 0 unspecified atom stereocenters. The molecule has 100 valence electrons. The number of hydrogen-bond donors (Lipinski definition) is 0. The van der Waals surface area contributed by atoms with Gasteiger partial charge in [0, 0.05) is 32.8 Å². The SMILES string of the molecule is CC(=O)SCC=Cc1ccc2sc3ccccc3c2c1. The normalized spacial score (nSPS) is 11.7. The van der Waals surface area contributed by atoms with Gasteiger partial charge < -0.3 is 0 Å². The fourth-order valence-corrected chi connectivity index (χ4v) is 3.71. The van der Waals surface area contributed by atoms with Gasteiger partial charge in [-0.05, 0) is 23.8 Å². The van der Waals surface area contributed by atoms with E-state index in [9.17, 15) is 4.79 Å². The second kappa shape index (κ2) is 5.81. The largest absolute Gasteiger partial charge is 0.288 e. The number of thiophene rings is 1. The number of carbonyl (C=O) groups is 1. The molecule has 0 atom stereocenters. The summed E-state index contributed by atoms with van der Waals surface area (Å²) in [7, 11) is 0. The zero-order valence-corrected chi connectivity index (χ0v) is 12.8. The Hall–Kier alpha value is -1.58. The van der Waals surface area contributed by atoms with E-state index in [4.69, 9.17) is 0 Å². The standard InChI is InChI=1S/C17H14OS2/c1-12(18)19-10-4-5-13-8-9-17-15(11-13)14-6-2-3-7-16(14)20-17/h2-9,11H,10H2,1H3. The summed E-state index contributed by atoms with van der Waals surface area (Å²) in [5.74, 6) is 0.734. The molecule has 0 spiro atoms. The van der Waals surface area contributed by atoms with Gasteiger partial charge in [0.1, 0.15) is 0 Å². The molecule has 0 saturated carbocycles. The number of hydrogen-bond acceptors (Lipinski definition) is 3. The highest BCUT2D eigenvalue weighted by Gasteiger charge is 2.03. The Labute approximate surface area is 126 Å². The Bertz CT molecular complexity index is 799. The highest BCUT2D eigenvalue weighted by Crippen LogP contribution is 2.34. The fraction of sp³-hybridized carbons (Fsp3) is 0.118. The van der Waals surface area contributed by atoms with Crippen molar-refractivity contribution < 1.29 is 4.79 Å². The maximum absolute atomic E-state index is 10.9. The van der Waals surface area contributed by atoms with Crippen molar-refractivity contribution in [3.63, 3.8) is 0 Å². The summed E-state index contributed by atoms with van der Waals surface area (Å²) in [6, 6.07) is 15.0. The summed E-state index contributed by atoms with van der Waals surface area (Å²) in [5.41, 5.74) is 1.19. The number of fused-ring (bicyclic) bond motifs is 3. The third-order valence-electron chi connectivity index (χ3n) is 3.09. The van der Waals surface area contributed by atoms with Crippen LogP contribution in [0.15, 0.2) is 48.5 Å². The number of rotatable bonds is 3. The van der Waals surface area contributed by atoms with Gasteiger partial charge in [0.15, 0.2) is 5.12 Å². The van der Waals surface area contributed by atoms with Crippen LogP contribution >= 0.6 is 23.1 Å². The minimum atomic E-state index is 0.161. The summed E-state index contributed by atoms with van der Waals surface area (Å²) < 4.78 is 2.65. The molecule has 0 aliphatic heterocycles. The molecule has 1 heterocycles. The van der Waals surface area contributed by atoms with E-state index in [1.165, 1.54) is 37.5 Å². The topological polar surface area (TPSA) is 17.1 Å². The molecule has 0 amide bonds. The minimum absolute atomic E-state index is 0.161. The molecular weight excluding hydrogens is 284 g/mol. The first-order valence-electron chi connectivity index (χ1n) is 6.45. The molecule has 0 N–H and O–H groups in total. The molecule has 3 heteroatoms. The average molecular weight is 298 g/mol. The molecule has 20 heavy (non-hydrogen) atoms. The van der Waals surface area contributed by atoms with Crippen molar-refractivity contribution >= 4 is 54.5 Å². The van der Waals surface area contributed by atoms with Crippen LogP contribution in [0.5, 0.6) is 0 Å². The van der Waals surface area contributed by atoms with Crippen molar-refractivity contribution in [3.8, 4) is 0 Å². The van der Waals surface area contributed by atoms with Crippen LogP contribution in [-0.4, -0.2) is 10.9 Å². The Kier molecular flexibility index (Phi) is 3.90. The summed E-state index contributed by atoms with van der Waals surface area (Å²) >= 11 is 3.16. The zero-order valence-electron chi connectivity index (χ0n) is 11.1. The molecule has 1 aromatic heterocycles. The fourth-order valence-electron chi connectivity index (χ4n) is 2.20. The summed E-state index contributed by atoms with van der Waals surface area (Å²) in [6.07, 6.45) is 4.13. The van der Waals surface area contributed by atoms with Crippen LogP contribution in [-0.2, 0) is 4.79 Å². The van der Waals surface area contributed by atoms with E-state index in [2.05, 4.69) is 48.5 Å². The maximum atomic E-state index is 10.9. The van der Waals surface area contributed by atoms with E-state index in [-0.39, 0.29) is 5.12 Å². The first-order valence-corrected chi connectivity index (χ1v) is 8.25. The van der Waals surface area contributed by atoms with Crippen molar-refractivity contribution in [1.82, 2.24) is 0 Å². The Morgan fingerprint density at radius 3 is 2.80 bits per heavy atom. The van der Waals surface area contributed by atoms with E-state index >= 15 is 0 Å². The van der Waals surface area contributed by atoms with E-state index in [1.807, 2.05) is 17.4 Å². The lowest BCUT2D eigenvalue weighted by molar-refractivity contribution is -0.109. The van der Waals surface area contributed by atoms with Gasteiger partial charge in [-0.2, -0.15) is 0 Å². The van der Waals surface area contributed by atoms with E-state index in [0.29, 0.717) is 0 Å². The second-order valence-corrected chi connectivity index (χ2v) is 6.84. The van der Waals surface area contributed by atoms with Gasteiger partial charge in [-0.15, -0.1) is 11.3 Å². The van der Waals surface area contributed by atoms with Crippen LogP contribution in [0.2, 0.25) is 0 Å². The van der Waals surface area contributed by atoms with Crippen LogP contribution in [0.3, 0.4) is 0 Å². The van der Waals surface area contributed by atoms with Crippen molar-refractivity contribution in [2.45, 2.75) is 6.92 Å². The Morgan fingerprint density at radius 2 is 1.95 bits per heavy atom. The smallest absolute Gasteiger partial charge is 0.186 e. The minimum Gasteiger partial charge on any atom is -0.288 e. The lowest BCUT2D eigenvalue weighted by atomic mass is 10.1. The molecule has 0 saturated heterocycles. The first kappa shape index (κ1) is 13.4. The van der Waals surface area contributed by atoms with Crippen LogP contribution in [0, 0.1) is 0 Å². The zero-order chi connectivity index (χ0) is 13.9. The van der Waals surface area contributed by atoms with E-state index in [0.717, 1.165) is 5.75 Å². The van der Waals surface area contributed by atoms with Gasteiger partial charge in [-0.25, -0.2) is 0 Å². The predicted octanol–water partition coefficient (Wildman–Crippen LogP) is 5.35. The molecule has 0 aliphatic carbocycles. The first-order chi connectivity index (χ1) is 9.74. The molecule has 0 radical (unpaired) electrons. The summed E-state index contributed by atoms with van der Waals surface area (Å²) in [5, 5.41) is 2.79. The van der Waals surface area contributed by atoms with Gasteiger partial charge in [-0.3, -0.25) is 4.79 Å². The van der Waals surface area contributed by atoms with Crippen molar-refractivity contribution in [2.75, 3.05) is 5.75 Å². The van der Waals surface area contributed by atoms with Crippen LogP contribution in [0.4, 0.5) is 0 Å². The third kappa shape index (κ3) is 2.79. The Balaban J connectivity index is 1.93. The van der Waals surface area contributed by atoms with Gasteiger partial charge in [-0.1, -0.05) is 48.2 Å². The maximum Gasteiger partial charge on any atom is 0.186 e. The molecule has 1 nitrogen and oxygen atoms in total. The van der Waals surface area contributed by atoms with Gasteiger partial charge in [0.25, 0.3) is 0 Å². The van der Waals surface area contributed by atoms with Crippen LogP contribution in [0.25, 0.3) is 26.2 Å². The van der Waals surface area contributed by atoms with Crippen molar-refractivity contribution in [1.29, 1.82) is 0 Å². The molecule has 0 fully saturated rings. The third-order valence-corrected chi connectivity index (χ3v) is 5.01. The van der Waals surface area contributed by atoms with Crippen LogP contribution in [0.1, 0.15) is 12.5 Å². The Morgan fingerprint density at radius 1 is 1.15 bits per heavy atom. The number of benzene rings is 2. The molecule has 3 aromatic rings. The van der Waals surface area contributed by atoms with E-state index in [1.54, 1.807) is 6.92 Å². The van der Waals surface area contributed by atoms with Crippen molar-refractivity contribution in [3.05, 3.63) is 54.1 Å². The molecule has 3 rings (SSSR count). The summed E-state index contributed by atoms with van der Waals surface area (Å²) in [6.45, 7) is 1.60. The lowest BCUT2D eigenvalue weighted by Gasteiger charge is -1.96. The molecular formula is C17H14OS2. The lowest BCUT2D eigenvalue weighted by Crippen LogP contribution is -1.81. The quantitative estimate of drug-likeness (QED) is 0.648. The molecule has 0 aliphatic rings.